The van der Waals surface area contributed by atoms with E-state index in [9.17, 15) is 4.79 Å². The van der Waals surface area contributed by atoms with Gasteiger partial charge in [-0.1, -0.05) is 28.1 Å². The Labute approximate surface area is 179 Å². The fourth-order valence-electron chi connectivity index (χ4n) is 3.39. The van der Waals surface area contributed by atoms with E-state index in [4.69, 9.17) is 14.2 Å². The van der Waals surface area contributed by atoms with Crippen molar-refractivity contribution >= 4 is 21.8 Å². The average Bonchev–Trinajstić information content (AvgIpc) is 3.23. The smallest absolute Gasteiger partial charge is 0.239 e. The predicted molar refractivity (Wildman–Crippen MR) is 114 cm³/mol. The van der Waals surface area contributed by atoms with Crippen molar-refractivity contribution < 1.29 is 19.0 Å². The highest BCUT2D eigenvalue weighted by Gasteiger charge is 2.31. The van der Waals surface area contributed by atoms with Gasteiger partial charge in [0.25, 0.3) is 0 Å². The van der Waals surface area contributed by atoms with Crippen molar-refractivity contribution in [1.82, 2.24) is 16.2 Å². The summed E-state index contributed by atoms with van der Waals surface area (Å²) in [6, 6.07) is 11.3. The number of rotatable bonds is 7. The average molecular weight is 464 g/mol. The first-order valence-electron chi connectivity index (χ1n) is 9.33. The molecule has 1 amide bonds. The molecule has 8 heteroatoms. The number of ether oxygens (including phenoxy) is 3. The van der Waals surface area contributed by atoms with E-state index in [1.807, 2.05) is 43.3 Å². The maximum atomic E-state index is 12.8. The minimum Gasteiger partial charge on any atom is -0.493 e. The highest BCUT2D eigenvalue weighted by Crippen LogP contribution is 2.39. The lowest BCUT2D eigenvalue weighted by atomic mass is 10.0. The lowest BCUT2D eigenvalue weighted by molar-refractivity contribution is -0.123. The van der Waals surface area contributed by atoms with Crippen LogP contribution < -0.4 is 30.4 Å². The number of hydrogen-bond acceptors (Lipinski definition) is 6. The summed E-state index contributed by atoms with van der Waals surface area (Å²) in [4.78, 5) is 12.8. The number of carbonyl (C=O) groups excluding carboxylic acids is 1. The Bertz CT molecular complexity index is 834. The van der Waals surface area contributed by atoms with Crippen LogP contribution in [0.3, 0.4) is 0 Å². The minimum atomic E-state index is -0.326. The molecule has 0 radical (unpaired) electrons. The first-order chi connectivity index (χ1) is 14.0. The molecular weight excluding hydrogens is 438 g/mol. The fourth-order valence-corrected chi connectivity index (χ4v) is 3.65. The van der Waals surface area contributed by atoms with Crippen molar-refractivity contribution in [3.05, 3.63) is 52.0 Å². The molecule has 0 aliphatic carbocycles. The maximum Gasteiger partial charge on any atom is 0.239 e. The van der Waals surface area contributed by atoms with Gasteiger partial charge < -0.3 is 19.5 Å². The molecule has 3 atom stereocenters. The molecule has 2 aromatic rings. The largest absolute Gasteiger partial charge is 0.493 e. The van der Waals surface area contributed by atoms with E-state index in [0.717, 1.165) is 15.6 Å². The molecule has 0 aromatic heterocycles. The van der Waals surface area contributed by atoms with E-state index in [0.29, 0.717) is 23.7 Å². The van der Waals surface area contributed by atoms with Crippen LogP contribution in [0.15, 0.2) is 40.9 Å². The summed E-state index contributed by atoms with van der Waals surface area (Å²) >= 11 is 3.44. The number of methoxy groups -OCH3 is 3. The van der Waals surface area contributed by atoms with Crippen LogP contribution in [0.5, 0.6) is 17.2 Å². The van der Waals surface area contributed by atoms with E-state index in [1.54, 1.807) is 21.3 Å². The highest BCUT2D eigenvalue weighted by atomic mass is 79.9. The Kier molecular flexibility index (Phi) is 7.00. The maximum absolute atomic E-state index is 12.8. The zero-order chi connectivity index (χ0) is 21.0. The molecule has 29 heavy (non-hydrogen) atoms. The summed E-state index contributed by atoms with van der Waals surface area (Å²) in [6.45, 7) is 1.92. The van der Waals surface area contributed by atoms with Crippen molar-refractivity contribution in [2.24, 2.45) is 0 Å². The third kappa shape index (κ3) is 4.83. The van der Waals surface area contributed by atoms with Gasteiger partial charge in [0.1, 0.15) is 6.04 Å². The monoisotopic (exact) mass is 463 g/mol. The van der Waals surface area contributed by atoms with Gasteiger partial charge in [-0.3, -0.25) is 4.79 Å². The Morgan fingerprint density at radius 2 is 1.69 bits per heavy atom. The summed E-state index contributed by atoms with van der Waals surface area (Å²) in [7, 11) is 4.70. The van der Waals surface area contributed by atoms with Crippen LogP contribution in [0.2, 0.25) is 0 Å². The Morgan fingerprint density at radius 3 is 2.24 bits per heavy atom. The van der Waals surface area contributed by atoms with Gasteiger partial charge in [-0.2, -0.15) is 0 Å². The second kappa shape index (κ2) is 9.47. The van der Waals surface area contributed by atoms with Crippen molar-refractivity contribution in [3.8, 4) is 17.2 Å². The Morgan fingerprint density at radius 1 is 1.07 bits per heavy atom. The second-order valence-corrected chi connectivity index (χ2v) is 7.79. The molecule has 1 heterocycles. The van der Waals surface area contributed by atoms with E-state index in [2.05, 4.69) is 32.1 Å². The molecule has 3 unspecified atom stereocenters. The predicted octanol–water partition coefficient (Wildman–Crippen LogP) is 3.26. The van der Waals surface area contributed by atoms with Crippen molar-refractivity contribution in [1.29, 1.82) is 0 Å². The molecular formula is C21H26BrN3O4. The molecule has 1 aliphatic rings. The first-order valence-corrected chi connectivity index (χ1v) is 10.1. The summed E-state index contributed by atoms with van der Waals surface area (Å²) in [5.41, 5.74) is 8.30. The summed E-state index contributed by atoms with van der Waals surface area (Å²) < 4.78 is 17.2. The molecule has 156 valence electrons. The summed E-state index contributed by atoms with van der Waals surface area (Å²) in [5.74, 6) is 1.56. The molecule has 3 rings (SSSR count). The van der Waals surface area contributed by atoms with Crippen LogP contribution >= 0.6 is 15.9 Å². The van der Waals surface area contributed by atoms with Gasteiger partial charge in [0.2, 0.25) is 11.7 Å². The van der Waals surface area contributed by atoms with Crippen molar-refractivity contribution in [2.45, 2.75) is 31.5 Å². The molecule has 0 spiro atoms. The van der Waals surface area contributed by atoms with Crippen LogP contribution in [-0.2, 0) is 4.79 Å². The van der Waals surface area contributed by atoms with Gasteiger partial charge >= 0.3 is 0 Å². The highest BCUT2D eigenvalue weighted by molar-refractivity contribution is 9.10. The number of carbonyl (C=O) groups is 1. The molecule has 1 saturated heterocycles. The van der Waals surface area contributed by atoms with Crippen LogP contribution in [0, 0.1) is 0 Å². The third-order valence-corrected chi connectivity index (χ3v) is 5.57. The van der Waals surface area contributed by atoms with Gasteiger partial charge in [-0.05, 0) is 48.7 Å². The first kappa shape index (κ1) is 21.4. The molecule has 0 bridgehead atoms. The Hall–Kier alpha value is -2.29. The van der Waals surface area contributed by atoms with Gasteiger partial charge in [0.15, 0.2) is 11.5 Å². The number of benzene rings is 2. The number of amides is 1. The van der Waals surface area contributed by atoms with E-state index in [1.165, 1.54) is 0 Å². The molecule has 3 N–H and O–H groups in total. The molecule has 1 aliphatic heterocycles. The van der Waals surface area contributed by atoms with Crippen LogP contribution in [0.25, 0.3) is 0 Å². The van der Waals surface area contributed by atoms with E-state index in [-0.39, 0.29) is 24.0 Å². The lowest BCUT2D eigenvalue weighted by Crippen LogP contribution is -2.43. The minimum absolute atomic E-state index is 0.0710. The quantitative estimate of drug-likeness (QED) is 0.584. The topological polar surface area (TPSA) is 80.9 Å². The summed E-state index contributed by atoms with van der Waals surface area (Å²) in [6.07, 6.45) is 0.662. The van der Waals surface area contributed by atoms with E-state index >= 15 is 0 Å². The number of hydrazine groups is 1. The SMILES string of the molecule is COc1cc(C(C)NC(=O)C2CC(c3ccc(Br)cc3)NN2)cc(OC)c1OC. The molecule has 1 fully saturated rings. The Balaban J connectivity index is 1.67. The third-order valence-electron chi connectivity index (χ3n) is 5.04. The second-order valence-electron chi connectivity index (χ2n) is 6.87. The van der Waals surface area contributed by atoms with Gasteiger partial charge in [0.05, 0.1) is 27.4 Å². The van der Waals surface area contributed by atoms with Crippen LogP contribution in [0.4, 0.5) is 0 Å². The van der Waals surface area contributed by atoms with Crippen LogP contribution in [0.1, 0.15) is 36.6 Å². The molecule has 7 nitrogen and oxygen atoms in total. The summed E-state index contributed by atoms with van der Waals surface area (Å²) in [5, 5.41) is 3.06. The van der Waals surface area contributed by atoms with Gasteiger partial charge in [0, 0.05) is 10.5 Å². The molecule has 2 aromatic carbocycles. The van der Waals surface area contributed by atoms with Crippen molar-refractivity contribution in [3.63, 3.8) is 0 Å². The van der Waals surface area contributed by atoms with Crippen LogP contribution in [-0.4, -0.2) is 33.3 Å². The van der Waals surface area contributed by atoms with E-state index < -0.39 is 0 Å². The molecule has 0 saturated carbocycles. The number of nitrogens with one attached hydrogen (secondary N) is 3. The van der Waals surface area contributed by atoms with Gasteiger partial charge in [-0.15, -0.1) is 0 Å². The van der Waals surface area contributed by atoms with Gasteiger partial charge in [-0.25, -0.2) is 10.9 Å². The number of hydrogen-bond donors (Lipinski definition) is 3. The number of halogens is 1. The van der Waals surface area contributed by atoms with Crippen molar-refractivity contribution in [2.75, 3.05) is 21.3 Å². The standard InChI is InChI=1S/C21H26BrN3O4/c1-12(14-9-18(27-2)20(29-4)19(10-14)28-3)23-21(26)17-11-16(24-25-17)13-5-7-15(22)8-6-13/h5-10,12,16-17,24-25H,11H2,1-4H3,(H,23,26). The zero-order valence-electron chi connectivity index (χ0n) is 16.9. The lowest BCUT2D eigenvalue weighted by Gasteiger charge is -2.20. The normalized spacial score (nSPS) is 19.5. The zero-order valence-corrected chi connectivity index (χ0v) is 18.5. The fraction of sp³-hybridized carbons (Fsp3) is 0.381.